The molecule has 0 aliphatic carbocycles. The molecule has 4 rings (SSSR count). The molecule has 12 heteroatoms. The molecular formula is C34H33F7O5. The van der Waals surface area contributed by atoms with E-state index in [9.17, 15) is 40.3 Å². The standard InChI is InChI=1S/C34H33F7O5/c1-17-10-22(12-24(11-17)34(39,40)41)32-18(2)6-7-21(13-31(43)46-32)19(3)26-14-23(33(36,37)38)8-9-25(26)27-15-30(45-20(4)42)28(35)16-29(27)44-5/h8-12,14-16,18-19,21,32H,6-7,13H2,1-5H3/t18-,19-,21?,32+/m1/s1. The second-order valence-corrected chi connectivity index (χ2v) is 11.7. The van der Waals surface area contributed by atoms with Gasteiger partial charge in [0.1, 0.15) is 11.9 Å². The van der Waals surface area contributed by atoms with E-state index in [4.69, 9.17) is 14.2 Å². The monoisotopic (exact) mass is 654 g/mol. The third-order valence-corrected chi connectivity index (χ3v) is 8.33. The maximum absolute atomic E-state index is 14.7. The third kappa shape index (κ3) is 7.82. The number of carbonyl (C=O) groups excluding carboxylic acids is 2. The molecule has 1 aliphatic heterocycles. The summed E-state index contributed by atoms with van der Waals surface area (Å²) in [4.78, 5) is 24.8. The number of rotatable bonds is 6. The van der Waals surface area contributed by atoms with E-state index >= 15 is 0 Å². The Hall–Kier alpha value is -4.09. The Labute approximate surface area is 261 Å². The molecule has 0 radical (unpaired) electrons. The average molecular weight is 655 g/mol. The zero-order valence-corrected chi connectivity index (χ0v) is 25.7. The first-order chi connectivity index (χ1) is 21.4. The summed E-state index contributed by atoms with van der Waals surface area (Å²) in [6.45, 7) is 6.00. The highest BCUT2D eigenvalue weighted by molar-refractivity contribution is 5.78. The average Bonchev–Trinajstić information content (AvgIpc) is 2.95. The fraction of sp³-hybridized carbons (Fsp3) is 0.412. The van der Waals surface area contributed by atoms with Crippen LogP contribution in [0.2, 0.25) is 0 Å². The summed E-state index contributed by atoms with van der Waals surface area (Å²) in [7, 11) is 1.26. The SMILES string of the molecule is COc1cc(F)c(OC(C)=O)cc1-c1ccc(C(F)(F)F)cc1[C@H](C)C1CC[C@@H](C)[C@@H](c2cc(C)cc(C(F)(F)F)c2)OC(=O)C1. The Morgan fingerprint density at radius 1 is 0.913 bits per heavy atom. The lowest BCUT2D eigenvalue weighted by Gasteiger charge is -2.33. The van der Waals surface area contributed by atoms with Crippen molar-refractivity contribution in [3.8, 4) is 22.6 Å². The molecule has 248 valence electrons. The van der Waals surface area contributed by atoms with Crippen LogP contribution in [0.4, 0.5) is 30.7 Å². The number of benzene rings is 3. The Balaban J connectivity index is 1.73. The van der Waals surface area contributed by atoms with Gasteiger partial charge in [0.15, 0.2) is 11.6 Å². The lowest BCUT2D eigenvalue weighted by molar-refractivity contribution is -0.155. The van der Waals surface area contributed by atoms with Crippen LogP contribution in [-0.4, -0.2) is 19.0 Å². The van der Waals surface area contributed by atoms with Gasteiger partial charge in [-0.15, -0.1) is 0 Å². The summed E-state index contributed by atoms with van der Waals surface area (Å²) in [5.74, 6) is -4.51. The summed E-state index contributed by atoms with van der Waals surface area (Å²) in [5, 5.41) is 0. The van der Waals surface area contributed by atoms with Crippen molar-refractivity contribution in [3.63, 3.8) is 0 Å². The number of hydrogen-bond donors (Lipinski definition) is 0. The molecule has 0 saturated carbocycles. The Bertz CT molecular complexity index is 1610. The molecule has 4 atom stereocenters. The fourth-order valence-corrected chi connectivity index (χ4v) is 5.98. The van der Waals surface area contributed by atoms with Crippen molar-refractivity contribution < 1.29 is 54.5 Å². The highest BCUT2D eigenvalue weighted by Crippen LogP contribution is 2.46. The minimum atomic E-state index is -4.70. The first-order valence-electron chi connectivity index (χ1n) is 14.5. The van der Waals surface area contributed by atoms with E-state index in [0.717, 1.165) is 37.3 Å². The van der Waals surface area contributed by atoms with Crippen LogP contribution >= 0.6 is 0 Å². The second-order valence-electron chi connectivity index (χ2n) is 11.7. The van der Waals surface area contributed by atoms with E-state index in [1.54, 1.807) is 19.9 Å². The first kappa shape index (κ1) is 34.8. The molecular weight excluding hydrogens is 621 g/mol. The number of carbonyl (C=O) groups is 2. The molecule has 1 fully saturated rings. The zero-order valence-electron chi connectivity index (χ0n) is 25.7. The topological polar surface area (TPSA) is 61.8 Å². The quantitative estimate of drug-likeness (QED) is 0.151. The molecule has 5 nitrogen and oxygen atoms in total. The van der Waals surface area contributed by atoms with Crippen LogP contribution in [0.15, 0.2) is 48.5 Å². The van der Waals surface area contributed by atoms with Crippen molar-refractivity contribution in [1.82, 2.24) is 0 Å². The second kappa shape index (κ2) is 13.3. The summed E-state index contributed by atoms with van der Waals surface area (Å²) in [5.41, 5.74) is -0.641. The molecule has 46 heavy (non-hydrogen) atoms. The molecule has 1 heterocycles. The smallest absolute Gasteiger partial charge is 0.416 e. The Kier molecular flexibility index (Phi) is 10.1. The highest BCUT2D eigenvalue weighted by Gasteiger charge is 2.37. The molecule has 1 unspecified atom stereocenters. The van der Waals surface area contributed by atoms with Crippen LogP contribution < -0.4 is 9.47 Å². The van der Waals surface area contributed by atoms with Gasteiger partial charge in [-0.1, -0.05) is 31.5 Å². The van der Waals surface area contributed by atoms with Crippen molar-refractivity contribution in [2.24, 2.45) is 11.8 Å². The van der Waals surface area contributed by atoms with Crippen LogP contribution in [-0.2, 0) is 26.7 Å². The van der Waals surface area contributed by atoms with Crippen LogP contribution in [0.25, 0.3) is 11.1 Å². The van der Waals surface area contributed by atoms with Gasteiger partial charge in [-0.3, -0.25) is 9.59 Å². The van der Waals surface area contributed by atoms with Crippen LogP contribution in [0.5, 0.6) is 11.5 Å². The van der Waals surface area contributed by atoms with E-state index in [2.05, 4.69) is 0 Å². The van der Waals surface area contributed by atoms with Crippen molar-refractivity contribution in [2.45, 2.75) is 71.3 Å². The first-order valence-corrected chi connectivity index (χ1v) is 14.5. The Morgan fingerprint density at radius 3 is 2.20 bits per heavy atom. The molecule has 0 spiro atoms. The van der Waals surface area contributed by atoms with Crippen molar-refractivity contribution in [2.75, 3.05) is 7.11 Å². The highest BCUT2D eigenvalue weighted by atomic mass is 19.4. The lowest BCUT2D eigenvalue weighted by atomic mass is 9.76. The number of cyclic esters (lactones) is 1. The van der Waals surface area contributed by atoms with Gasteiger partial charge in [-0.05, 0) is 84.5 Å². The summed E-state index contributed by atoms with van der Waals surface area (Å²) in [6.07, 6.45) is -9.71. The molecule has 0 N–H and O–H groups in total. The third-order valence-electron chi connectivity index (χ3n) is 8.33. The van der Waals surface area contributed by atoms with Gasteiger partial charge in [0.2, 0.25) is 0 Å². The van der Waals surface area contributed by atoms with Gasteiger partial charge in [0, 0.05) is 25.0 Å². The summed E-state index contributed by atoms with van der Waals surface area (Å²) >= 11 is 0. The fourth-order valence-electron chi connectivity index (χ4n) is 5.98. The minimum Gasteiger partial charge on any atom is -0.496 e. The number of ether oxygens (including phenoxy) is 3. The van der Waals surface area contributed by atoms with Gasteiger partial charge in [0.05, 0.1) is 18.2 Å². The maximum Gasteiger partial charge on any atom is 0.416 e. The van der Waals surface area contributed by atoms with Gasteiger partial charge in [-0.25, -0.2) is 4.39 Å². The lowest BCUT2D eigenvalue weighted by Crippen LogP contribution is -2.26. The van der Waals surface area contributed by atoms with E-state index in [1.165, 1.54) is 26.2 Å². The van der Waals surface area contributed by atoms with Crippen LogP contribution in [0.3, 0.4) is 0 Å². The molecule has 0 amide bonds. The predicted octanol–water partition coefficient (Wildman–Crippen LogP) is 9.60. The number of aryl methyl sites for hydroxylation is 1. The number of hydrogen-bond acceptors (Lipinski definition) is 5. The Morgan fingerprint density at radius 2 is 1.59 bits per heavy atom. The van der Waals surface area contributed by atoms with Crippen molar-refractivity contribution >= 4 is 11.9 Å². The predicted molar refractivity (Wildman–Crippen MR) is 155 cm³/mol. The zero-order chi connectivity index (χ0) is 34.1. The normalized spacial score (nSPS) is 19.9. The van der Waals surface area contributed by atoms with E-state index < -0.39 is 70.8 Å². The maximum atomic E-state index is 14.7. The van der Waals surface area contributed by atoms with E-state index in [1.807, 2.05) is 0 Å². The molecule has 0 bridgehead atoms. The van der Waals surface area contributed by atoms with Gasteiger partial charge >= 0.3 is 24.3 Å². The van der Waals surface area contributed by atoms with Crippen LogP contribution in [0, 0.1) is 24.6 Å². The number of halogens is 7. The largest absolute Gasteiger partial charge is 0.496 e. The van der Waals surface area contributed by atoms with Crippen molar-refractivity contribution in [3.05, 3.63) is 82.2 Å². The minimum absolute atomic E-state index is 0.0217. The van der Waals surface area contributed by atoms with Gasteiger partial charge in [0.25, 0.3) is 0 Å². The van der Waals surface area contributed by atoms with Crippen LogP contribution in [0.1, 0.15) is 79.9 Å². The molecule has 3 aromatic carbocycles. The number of esters is 2. The summed E-state index contributed by atoms with van der Waals surface area (Å²) in [6, 6.07) is 8.71. The van der Waals surface area contributed by atoms with Gasteiger partial charge < -0.3 is 14.2 Å². The van der Waals surface area contributed by atoms with Crippen molar-refractivity contribution in [1.29, 1.82) is 0 Å². The van der Waals surface area contributed by atoms with E-state index in [-0.39, 0.29) is 34.4 Å². The summed E-state index contributed by atoms with van der Waals surface area (Å²) < 4.78 is 113. The molecule has 1 saturated heterocycles. The number of methoxy groups -OCH3 is 1. The molecule has 1 aliphatic rings. The molecule has 0 aromatic heterocycles. The van der Waals surface area contributed by atoms with E-state index in [0.29, 0.717) is 18.4 Å². The molecule has 3 aromatic rings. The van der Waals surface area contributed by atoms with Gasteiger partial charge in [-0.2, -0.15) is 26.3 Å². The number of alkyl halides is 6.